The molecule has 1 amide bonds. The number of esters is 1. The quantitative estimate of drug-likeness (QED) is 0.862. The first-order valence-corrected chi connectivity index (χ1v) is 7.01. The highest BCUT2D eigenvalue weighted by atomic mass is 16.5. The number of nitrogens with one attached hydrogen (secondary N) is 1. The average Bonchev–Trinajstić information content (AvgIpc) is 2.49. The second-order valence-corrected chi connectivity index (χ2v) is 4.94. The van der Waals surface area contributed by atoms with E-state index in [1.807, 2.05) is 18.2 Å². The lowest BCUT2D eigenvalue weighted by Crippen LogP contribution is -2.12. The fourth-order valence-corrected chi connectivity index (χ4v) is 1.99. The number of carbonyl (C=O) groups is 2. The Morgan fingerprint density at radius 1 is 1.18 bits per heavy atom. The zero-order valence-corrected chi connectivity index (χ0v) is 12.6. The van der Waals surface area contributed by atoms with Crippen LogP contribution < -0.4 is 5.32 Å². The number of hydrogen-bond acceptors (Lipinski definition) is 4. The first-order valence-electron chi connectivity index (χ1n) is 7.01. The molecule has 114 valence electrons. The molecule has 5 nitrogen and oxygen atoms in total. The summed E-state index contributed by atoms with van der Waals surface area (Å²) in [5, 5.41) is 2.68. The van der Waals surface area contributed by atoms with Crippen LogP contribution in [0.25, 0.3) is 0 Å². The second kappa shape index (κ2) is 7.36. The van der Waals surface area contributed by atoms with Gasteiger partial charge in [-0.05, 0) is 36.8 Å². The van der Waals surface area contributed by atoms with Crippen LogP contribution in [0, 0.1) is 0 Å². The molecule has 0 aliphatic carbocycles. The van der Waals surface area contributed by atoms with Crippen molar-refractivity contribution < 1.29 is 14.3 Å². The van der Waals surface area contributed by atoms with Crippen molar-refractivity contribution in [1.29, 1.82) is 0 Å². The Balaban J connectivity index is 1.90. The van der Waals surface area contributed by atoms with Gasteiger partial charge < -0.3 is 10.1 Å². The minimum atomic E-state index is -0.382. The van der Waals surface area contributed by atoms with Gasteiger partial charge >= 0.3 is 5.97 Å². The third-order valence-corrected chi connectivity index (χ3v) is 3.04. The molecule has 2 aromatic rings. The summed E-state index contributed by atoms with van der Waals surface area (Å²) in [5.74, 6) is -0.443. The van der Waals surface area contributed by atoms with E-state index in [1.54, 1.807) is 37.4 Å². The Labute approximate surface area is 129 Å². The molecule has 1 heterocycles. The maximum atomic E-state index is 11.9. The summed E-state index contributed by atoms with van der Waals surface area (Å²) in [7, 11) is 0. The minimum absolute atomic E-state index is 0.128. The zero-order chi connectivity index (χ0) is 15.9. The number of anilines is 1. The second-order valence-electron chi connectivity index (χ2n) is 4.94. The van der Waals surface area contributed by atoms with Gasteiger partial charge in [0.15, 0.2) is 0 Å². The smallest absolute Gasteiger partial charge is 0.310 e. The molecule has 0 radical (unpaired) electrons. The van der Waals surface area contributed by atoms with Crippen LogP contribution in [-0.2, 0) is 20.7 Å². The van der Waals surface area contributed by atoms with Crippen molar-refractivity contribution in [2.24, 2.45) is 0 Å². The summed E-state index contributed by atoms with van der Waals surface area (Å²) in [6.45, 7) is 3.24. The van der Waals surface area contributed by atoms with Crippen LogP contribution >= 0.6 is 0 Å². The van der Waals surface area contributed by atoms with E-state index >= 15 is 0 Å². The van der Waals surface area contributed by atoms with Crippen LogP contribution in [0.3, 0.4) is 0 Å². The number of carbonyl (C=O) groups excluding carboxylic acids is 2. The number of hydrogen-bond donors (Lipinski definition) is 1. The molecule has 1 aromatic carbocycles. The maximum absolute atomic E-state index is 11.9. The SMILES string of the molecule is CC(=O)Nc1ccc(CC(=O)O[C@H](C)c2ccccn2)cc1. The Hall–Kier alpha value is -2.69. The van der Waals surface area contributed by atoms with E-state index in [4.69, 9.17) is 4.74 Å². The number of benzene rings is 1. The van der Waals surface area contributed by atoms with Gasteiger partial charge in [0.25, 0.3) is 0 Å². The van der Waals surface area contributed by atoms with Gasteiger partial charge in [0.1, 0.15) is 6.10 Å². The van der Waals surface area contributed by atoms with Crippen LogP contribution in [-0.4, -0.2) is 16.9 Å². The van der Waals surface area contributed by atoms with Crippen molar-refractivity contribution >= 4 is 17.6 Å². The van der Waals surface area contributed by atoms with Crippen LogP contribution in [0.15, 0.2) is 48.7 Å². The molecule has 0 fully saturated rings. The van der Waals surface area contributed by atoms with E-state index in [0.29, 0.717) is 5.69 Å². The van der Waals surface area contributed by atoms with E-state index in [0.717, 1.165) is 11.3 Å². The molecular formula is C17H18N2O3. The molecule has 0 spiro atoms. The topological polar surface area (TPSA) is 68.3 Å². The van der Waals surface area contributed by atoms with E-state index in [2.05, 4.69) is 10.3 Å². The molecule has 0 saturated heterocycles. The Morgan fingerprint density at radius 2 is 1.91 bits per heavy atom. The first kappa shape index (κ1) is 15.7. The van der Waals surface area contributed by atoms with Gasteiger partial charge in [-0.3, -0.25) is 14.6 Å². The lowest BCUT2D eigenvalue weighted by Gasteiger charge is -2.12. The third-order valence-electron chi connectivity index (χ3n) is 3.04. The van der Waals surface area contributed by atoms with Gasteiger partial charge in [-0.1, -0.05) is 18.2 Å². The van der Waals surface area contributed by atoms with Crippen LogP contribution in [0.1, 0.15) is 31.2 Å². The summed E-state index contributed by atoms with van der Waals surface area (Å²) in [6.07, 6.45) is 1.46. The average molecular weight is 298 g/mol. The van der Waals surface area contributed by atoms with Crippen LogP contribution in [0.4, 0.5) is 5.69 Å². The monoisotopic (exact) mass is 298 g/mol. The molecule has 0 aliphatic rings. The summed E-state index contributed by atoms with van der Waals surface area (Å²) < 4.78 is 5.36. The first-order chi connectivity index (χ1) is 10.5. The number of pyridine rings is 1. The molecular weight excluding hydrogens is 280 g/mol. The summed E-state index contributed by atoms with van der Waals surface area (Å²) in [6, 6.07) is 12.6. The van der Waals surface area contributed by atoms with Gasteiger partial charge in [0, 0.05) is 18.8 Å². The molecule has 1 aromatic heterocycles. The minimum Gasteiger partial charge on any atom is -0.456 e. The lowest BCUT2D eigenvalue weighted by atomic mass is 10.1. The van der Waals surface area contributed by atoms with Crippen molar-refractivity contribution in [3.63, 3.8) is 0 Å². The van der Waals surface area contributed by atoms with Gasteiger partial charge in [-0.15, -0.1) is 0 Å². The molecule has 0 saturated carbocycles. The standard InChI is InChI=1S/C17H18N2O3/c1-12(16-5-3-4-10-18-16)22-17(21)11-14-6-8-15(9-7-14)19-13(2)20/h3-10,12H,11H2,1-2H3,(H,19,20)/t12-/m1/s1. The predicted molar refractivity (Wildman–Crippen MR) is 83.2 cm³/mol. The van der Waals surface area contributed by atoms with Crippen LogP contribution in [0.2, 0.25) is 0 Å². The third kappa shape index (κ3) is 4.70. The number of aromatic nitrogens is 1. The summed E-state index contributed by atoms with van der Waals surface area (Å²) >= 11 is 0. The Morgan fingerprint density at radius 3 is 2.50 bits per heavy atom. The van der Waals surface area contributed by atoms with Crippen molar-refractivity contribution in [3.05, 3.63) is 59.9 Å². The van der Waals surface area contributed by atoms with Crippen molar-refractivity contribution in [1.82, 2.24) is 4.98 Å². The van der Waals surface area contributed by atoms with Gasteiger partial charge in [-0.2, -0.15) is 0 Å². The Kier molecular flexibility index (Phi) is 5.25. The number of rotatable bonds is 5. The fourth-order valence-electron chi connectivity index (χ4n) is 1.99. The highest BCUT2D eigenvalue weighted by molar-refractivity contribution is 5.88. The Bertz CT molecular complexity index is 639. The lowest BCUT2D eigenvalue weighted by molar-refractivity contribution is -0.147. The molecule has 0 aliphatic heterocycles. The molecule has 22 heavy (non-hydrogen) atoms. The normalized spacial score (nSPS) is 11.5. The molecule has 1 atom stereocenters. The molecule has 5 heteroatoms. The summed E-state index contributed by atoms with van der Waals surface area (Å²) in [4.78, 5) is 27.0. The van der Waals surface area contributed by atoms with Crippen molar-refractivity contribution in [2.45, 2.75) is 26.4 Å². The fraction of sp³-hybridized carbons (Fsp3) is 0.235. The molecule has 2 rings (SSSR count). The van der Waals surface area contributed by atoms with E-state index in [-0.39, 0.29) is 24.4 Å². The molecule has 0 unspecified atom stereocenters. The molecule has 1 N–H and O–H groups in total. The highest BCUT2D eigenvalue weighted by Crippen LogP contribution is 2.15. The maximum Gasteiger partial charge on any atom is 0.310 e. The van der Waals surface area contributed by atoms with Gasteiger partial charge in [-0.25, -0.2) is 0 Å². The zero-order valence-electron chi connectivity index (χ0n) is 12.6. The van der Waals surface area contributed by atoms with E-state index in [1.165, 1.54) is 6.92 Å². The predicted octanol–water partition coefficient (Wildman–Crippen LogP) is 2.89. The van der Waals surface area contributed by atoms with Crippen molar-refractivity contribution in [3.8, 4) is 0 Å². The molecule has 0 bridgehead atoms. The van der Waals surface area contributed by atoms with Gasteiger partial charge in [0.05, 0.1) is 12.1 Å². The van der Waals surface area contributed by atoms with Gasteiger partial charge in [0.2, 0.25) is 5.91 Å². The number of nitrogens with zero attached hydrogens (tertiary/aromatic N) is 1. The van der Waals surface area contributed by atoms with Crippen molar-refractivity contribution in [2.75, 3.05) is 5.32 Å². The summed E-state index contributed by atoms with van der Waals surface area (Å²) in [5.41, 5.74) is 2.25. The van der Waals surface area contributed by atoms with Crippen LogP contribution in [0.5, 0.6) is 0 Å². The number of ether oxygens (including phenoxy) is 1. The largest absolute Gasteiger partial charge is 0.456 e. The highest BCUT2D eigenvalue weighted by Gasteiger charge is 2.13. The van der Waals surface area contributed by atoms with E-state index < -0.39 is 0 Å². The van der Waals surface area contributed by atoms with E-state index in [9.17, 15) is 9.59 Å². The number of amides is 1.